The normalized spacial score (nSPS) is 13.2. The summed E-state index contributed by atoms with van der Waals surface area (Å²) in [6.45, 7) is 3.29. The summed E-state index contributed by atoms with van der Waals surface area (Å²) >= 11 is 0. The fraction of sp³-hybridized carbons (Fsp3) is 0.875. The maximum atomic E-state index is 10.8. The first-order chi connectivity index (χ1) is 6.13. The number of carbonyl (C=O) groups excluding carboxylic acids is 1. The molecule has 0 rings (SSSR count). The van der Waals surface area contributed by atoms with Gasteiger partial charge >= 0.3 is 0 Å². The molecule has 0 spiro atoms. The van der Waals surface area contributed by atoms with E-state index in [2.05, 4.69) is 0 Å². The van der Waals surface area contributed by atoms with Crippen molar-refractivity contribution in [3.05, 3.63) is 0 Å². The van der Waals surface area contributed by atoms with Crippen LogP contribution in [-0.4, -0.2) is 55.4 Å². The van der Waals surface area contributed by atoms with Crippen LogP contribution in [0.4, 0.5) is 0 Å². The van der Waals surface area contributed by atoms with Crippen molar-refractivity contribution in [2.45, 2.75) is 13.0 Å². The molecule has 5 heteroatoms. The second-order valence-electron chi connectivity index (χ2n) is 2.83. The fourth-order valence-corrected chi connectivity index (χ4v) is 1.02. The van der Waals surface area contributed by atoms with Crippen molar-refractivity contribution in [1.29, 1.82) is 0 Å². The fourth-order valence-electron chi connectivity index (χ4n) is 1.02. The zero-order valence-corrected chi connectivity index (χ0v) is 8.19. The van der Waals surface area contributed by atoms with Gasteiger partial charge in [-0.3, -0.25) is 9.69 Å². The highest BCUT2D eigenvalue weighted by molar-refractivity contribution is 5.79. The summed E-state index contributed by atoms with van der Waals surface area (Å²) in [5, 5.41) is 8.73. The molecule has 13 heavy (non-hydrogen) atoms. The van der Waals surface area contributed by atoms with E-state index >= 15 is 0 Å². The number of nitrogens with zero attached hydrogens (tertiary/aromatic N) is 1. The van der Waals surface area contributed by atoms with Gasteiger partial charge in [0, 0.05) is 20.2 Å². The number of aliphatic hydroxyl groups excluding tert-OH is 1. The Bertz CT molecular complexity index is 152. The molecule has 0 heterocycles. The third-order valence-electron chi connectivity index (χ3n) is 1.93. The Balaban J connectivity index is 3.98. The number of hydrogen-bond acceptors (Lipinski definition) is 4. The number of hydrogen-bond donors (Lipinski definition) is 2. The van der Waals surface area contributed by atoms with Gasteiger partial charge in [0.05, 0.1) is 19.3 Å². The van der Waals surface area contributed by atoms with Crippen molar-refractivity contribution in [3.8, 4) is 0 Å². The van der Waals surface area contributed by atoms with Crippen LogP contribution in [0.3, 0.4) is 0 Å². The predicted octanol–water partition coefficient (Wildman–Crippen LogP) is -1.20. The van der Waals surface area contributed by atoms with Crippen LogP contribution in [0.2, 0.25) is 0 Å². The summed E-state index contributed by atoms with van der Waals surface area (Å²) in [6, 6.07) is -0.359. The quantitative estimate of drug-likeness (QED) is 0.529. The van der Waals surface area contributed by atoms with E-state index in [1.807, 2.05) is 0 Å². The highest BCUT2D eigenvalue weighted by atomic mass is 16.5. The third kappa shape index (κ3) is 4.82. The van der Waals surface area contributed by atoms with Gasteiger partial charge in [0.25, 0.3) is 0 Å². The number of ether oxygens (including phenoxy) is 1. The molecule has 3 N–H and O–H groups in total. The second-order valence-corrected chi connectivity index (χ2v) is 2.83. The number of carbonyl (C=O) groups is 1. The first-order valence-electron chi connectivity index (χ1n) is 4.26. The molecule has 1 amide bonds. The zero-order chi connectivity index (χ0) is 10.3. The Morgan fingerprint density at radius 2 is 2.23 bits per heavy atom. The van der Waals surface area contributed by atoms with Crippen molar-refractivity contribution in [2.75, 3.05) is 33.4 Å². The Morgan fingerprint density at radius 1 is 1.62 bits per heavy atom. The third-order valence-corrected chi connectivity index (χ3v) is 1.93. The Morgan fingerprint density at radius 3 is 2.62 bits per heavy atom. The summed E-state index contributed by atoms with van der Waals surface area (Å²) in [5.74, 6) is -0.385. The van der Waals surface area contributed by atoms with Crippen LogP contribution in [0, 0.1) is 0 Å². The van der Waals surface area contributed by atoms with Gasteiger partial charge in [-0.1, -0.05) is 0 Å². The molecule has 0 radical (unpaired) electrons. The minimum absolute atomic E-state index is 0.0152. The van der Waals surface area contributed by atoms with Gasteiger partial charge in [-0.05, 0) is 6.92 Å². The van der Waals surface area contributed by atoms with Crippen molar-refractivity contribution in [3.63, 3.8) is 0 Å². The van der Waals surface area contributed by atoms with Gasteiger partial charge in [-0.2, -0.15) is 0 Å². The molecule has 0 aromatic rings. The summed E-state index contributed by atoms with van der Waals surface area (Å²) in [5.41, 5.74) is 5.14. The molecular formula is C8H18N2O3. The van der Waals surface area contributed by atoms with Gasteiger partial charge in [0.2, 0.25) is 5.91 Å². The van der Waals surface area contributed by atoms with Crippen molar-refractivity contribution in [1.82, 2.24) is 4.90 Å². The number of primary amides is 1. The van der Waals surface area contributed by atoms with Crippen molar-refractivity contribution >= 4 is 5.91 Å². The number of rotatable bonds is 7. The average Bonchev–Trinajstić information content (AvgIpc) is 2.11. The number of amides is 1. The van der Waals surface area contributed by atoms with Crippen LogP contribution in [0.25, 0.3) is 0 Å². The van der Waals surface area contributed by atoms with E-state index in [9.17, 15) is 4.79 Å². The van der Waals surface area contributed by atoms with E-state index in [-0.39, 0.29) is 18.6 Å². The van der Waals surface area contributed by atoms with Crippen molar-refractivity contribution < 1.29 is 14.6 Å². The molecule has 0 aliphatic rings. The first-order valence-corrected chi connectivity index (χ1v) is 4.26. The average molecular weight is 190 g/mol. The Kier molecular flexibility index (Phi) is 6.48. The summed E-state index contributed by atoms with van der Waals surface area (Å²) in [4.78, 5) is 12.6. The maximum absolute atomic E-state index is 10.8. The lowest BCUT2D eigenvalue weighted by Crippen LogP contribution is -2.45. The lowest BCUT2D eigenvalue weighted by Gasteiger charge is -2.25. The summed E-state index contributed by atoms with van der Waals surface area (Å²) in [6.07, 6.45) is 0. The molecule has 0 aromatic carbocycles. The molecule has 1 atom stereocenters. The van der Waals surface area contributed by atoms with Crippen LogP contribution in [0.5, 0.6) is 0 Å². The minimum Gasteiger partial charge on any atom is -0.395 e. The van der Waals surface area contributed by atoms with Crippen LogP contribution in [0.15, 0.2) is 0 Å². The van der Waals surface area contributed by atoms with E-state index in [0.29, 0.717) is 19.7 Å². The highest BCUT2D eigenvalue weighted by Gasteiger charge is 2.17. The molecule has 1 unspecified atom stereocenters. The molecule has 0 aliphatic carbocycles. The molecule has 0 bridgehead atoms. The first kappa shape index (κ1) is 12.3. The van der Waals surface area contributed by atoms with E-state index in [4.69, 9.17) is 15.6 Å². The molecular weight excluding hydrogens is 172 g/mol. The SMILES string of the molecule is COCCN(CCO)C(C)C(N)=O. The molecule has 0 saturated carbocycles. The van der Waals surface area contributed by atoms with Crippen LogP contribution in [-0.2, 0) is 9.53 Å². The Hall–Kier alpha value is -0.650. The minimum atomic E-state index is -0.385. The second kappa shape index (κ2) is 6.82. The molecule has 78 valence electrons. The Labute approximate surface area is 78.5 Å². The number of nitrogens with two attached hydrogens (primary N) is 1. The molecule has 0 aliphatic heterocycles. The summed E-state index contributed by atoms with van der Waals surface area (Å²) in [7, 11) is 1.59. The zero-order valence-electron chi connectivity index (χ0n) is 8.19. The standard InChI is InChI=1S/C8H18N2O3/c1-7(8(9)12)10(3-5-11)4-6-13-2/h7,11H,3-6H2,1-2H3,(H2,9,12). The number of methoxy groups -OCH3 is 1. The molecule has 0 saturated heterocycles. The number of aliphatic hydroxyl groups is 1. The van der Waals surface area contributed by atoms with E-state index in [0.717, 1.165) is 0 Å². The van der Waals surface area contributed by atoms with Gasteiger partial charge in [0.15, 0.2) is 0 Å². The van der Waals surface area contributed by atoms with Crippen molar-refractivity contribution in [2.24, 2.45) is 5.73 Å². The highest BCUT2D eigenvalue weighted by Crippen LogP contribution is 1.97. The van der Waals surface area contributed by atoms with Crippen LogP contribution < -0.4 is 5.73 Å². The van der Waals surface area contributed by atoms with Crippen LogP contribution >= 0.6 is 0 Å². The lowest BCUT2D eigenvalue weighted by molar-refractivity contribution is -0.123. The topological polar surface area (TPSA) is 75.8 Å². The molecule has 0 aromatic heterocycles. The van der Waals surface area contributed by atoms with Gasteiger partial charge < -0.3 is 15.6 Å². The van der Waals surface area contributed by atoms with E-state index in [1.165, 1.54) is 0 Å². The van der Waals surface area contributed by atoms with Gasteiger partial charge in [-0.15, -0.1) is 0 Å². The van der Waals surface area contributed by atoms with Crippen LogP contribution in [0.1, 0.15) is 6.92 Å². The largest absolute Gasteiger partial charge is 0.395 e. The lowest BCUT2D eigenvalue weighted by atomic mass is 10.2. The molecule has 5 nitrogen and oxygen atoms in total. The van der Waals surface area contributed by atoms with E-state index in [1.54, 1.807) is 18.9 Å². The van der Waals surface area contributed by atoms with Gasteiger partial charge in [-0.25, -0.2) is 0 Å². The maximum Gasteiger partial charge on any atom is 0.234 e. The predicted molar refractivity (Wildman–Crippen MR) is 49.2 cm³/mol. The smallest absolute Gasteiger partial charge is 0.234 e. The van der Waals surface area contributed by atoms with Gasteiger partial charge in [0.1, 0.15) is 0 Å². The monoisotopic (exact) mass is 190 g/mol. The molecule has 0 fully saturated rings. The summed E-state index contributed by atoms with van der Waals surface area (Å²) < 4.78 is 4.87. The van der Waals surface area contributed by atoms with E-state index < -0.39 is 0 Å².